The van der Waals surface area contributed by atoms with Crippen LogP contribution in [0.2, 0.25) is 0 Å². The summed E-state index contributed by atoms with van der Waals surface area (Å²) in [5.74, 6) is 0.350. The van der Waals surface area contributed by atoms with E-state index in [9.17, 15) is 10.2 Å². The van der Waals surface area contributed by atoms with Gasteiger partial charge in [-0.3, -0.25) is 0 Å². The molecular formula is C14H12N2O4. The van der Waals surface area contributed by atoms with Crippen LogP contribution >= 0.6 is 0 Å². The van der Waals surface area contributed by atoms with Crippen molar-refractivity contribution in [2.45, 2.75) is 0 Å². The second kappa shape index (κ2) is 9.63. The number of nitriles is 2. The van der Waals surface area contributed by atoms with Gasteiger partial charge < -0.3 is 20.4 Å². The normalized spacial score (nSPS) is 7.70. The summed E-state index contributed by atoms with van der Waals surface area (Å²) >= 11 is 0. The fourth-order valence-corrected chi connectivity index (χ4v) is 1.40. The van der Waals surface area contributed by atoms with Crippen LogP contribution in [0.15, 0.2) is 48.5 Å². The van der Waals surface area contributed by atoms with E-state index in [4.69, 9.17) is 20.7 Å². The first-order valence-corrected chi connectivity index (χ1v) is 5.25. The molecule has 0 aliphatic rings. The minimum Gasteiger partial charge on any atom is -0.507 e. The van der Waals surface area contributed by atoms with Crippen molar-refractivity contribution in [1.82, 2.24) is 0 Å². The number of para-hydroxylation sites is 2. The topological polar surface area (TPSA) is 128 Å². The maximum absolute atomic E-state index is 9.58. The lowest BCUT2D eigenvalue weighted by Gasteiger charge is -2.05. The van der Waals surface area contributed by atoms with Crippen LogP contribution in [0.5, 0.6) is 11.5 Å². The third kappa shape index (κ3) is 5.30. The first-order chi connectivity index (χ1) is 9.62. The van der Waals surface area contributed by atoms with Gasteiger partial charge in [0.05, 0.1) is 0 Å². The molecule has 0 saturated heterocycles. The van der Waals surface area contributed by atoms with E-state index >= 15 is 0 Å². The maximum atomic E-state index is 9.58. The molecule has 0 spiro atoms. The molecule has 0 aliphatic heterocycles. The lowest BCUT2D eigenvalue weighted by atomic mass is 10.0. The van der Waals surface area contributed by atoms with Gasteiger partial charge in [-0.05, 0) is 12.1 Å². The molecule has 2 aromatic carbocycles. The zero-order valence-corrected chi connectivity index (χ0v) is 10.3. The highest BCUT2D eigenvalue weighted by Crippen LogP contribution is 2.34. The number of nitrogens with zero attached hydrogens (tertiary/aromatic N) is 2. The Bertz CT molecular complexity index is 560. The Balaban J connectivity index is 0.000000520. The molecule has 0 amide bonds. The molecule has 6 heteroatoms. The van der Waals surface area contributed by atoms with Crippen molar-refractivity contribution in [2.24, 2.45) is 0 Å². The maximum Gasteiger partial charge on any atom is 0.283 e. The Morgan fingerprint density at radius 2 is 0.900 bits per heavy atom. The third-order valence-electron chi connectivity index (χ3n) is 2.10. The van der Waals surface area contributed by atoms with Gasteiger partial charge >= 0.3 is 0 Å². The second-order valence-corrected chi connectivity index (χ2v) is 3.23. The van der Waals surface area contributed by atoms with Gasteiger partial charge in [0.2, 0.25) is 0 Å². The number of aliphatic hydroxyl groups excluding tert-OH is 2. The van der Waals surface area contributed by atoms with Gasteiger partial charge in [-0.25, -0.2) is 0 Å². The van der Waals surface area contributed by atoms with Crippen molar-refractivity contribution in [3.05, 3.63) is 48.5 Å². The molecule has 0 fully saturated rings. The molecule has 4 N–H and O–H groups in total. The molecule has 0 aromatic heterocycles. The second-order valence-electron chi connectivity index (χ2n) is 3.23. The Hall–Kier alpha value is -3.38. The highest BCUT2D eigenvalue weighted by Gasteiger charge is 2.06. The zero-order chi connectivity index (χ0) is 15.4. The minimum absolute atomic E-state index is 0.175. The van der Waals surface area contributed by atoms with Crippen molar-refractivity contribution < 1.29 is 20.4 Å². The number of hydrogen-bond acceptors (Lipinski definition) is 6. The lowest BCUT2D eigenvalue weighted by Crippen LogP contribution is -1.79. The average molecular weight is 272 g/mol. The van der Waals surface area contributed by atoms with Gasteiger partial charge in [0.15, 0.2) is 0 Å². The van der Waals surface area contributed by atoms with E-state index in [1.54, 1.807) is 36.4 Å². The third-order valence-corrected chi connectivity index (χ3v) is 2.10. The molecule has 6 nitrogen and oxygen atoms in total. The molecule has 102 valence electrons. The zero-order valence-electron chi connectivity index (χ0n) is 10.3. The monoisotopic (exact) mass is 272 g/mol. The summed E-state index contributed by atoms with van der Waals surface area (Å²) in [5, 5.41) is 46.7. The summed E-state index contributed by atoms with van der Waals surface area (Å²) < 4.78 is 0. The predicted molar refractivity (Wildman–Crippen MR) is 70.3 cm³/mol. The highest BCUT2D eigenvalue weighted by atomic mass is 16.3. The Morgan fingerprint density at radius 3 is 1.15 bits per heavy atom. The molecule has 0 atom stereocenters. The minimum atomic E-state index is 0.175. The average Bonchev–Trinajstić information content (AvgIpc) is 2.42. The van der Waals surface area contributed by atoms with Crippen molar-refractivity contribution in [3.63, 3.8) is 0 Å². The number of aliphatic hydroxyl groups is 2. The van der Waals surface area contributed by atoms with E-state index in [1.165, 1.54) is 0 Å². The van der Waals surface area contributed by atoms with Crippen LogP contribution in [-0.2, 0) is 0 Å². The molecule has 0 unspecified atom stereocenters. The highest BCUT2D eigenvalue weighted by molar-refractivity contribution is 5.74. The van der Waals surface area contributed by atoms with E-state index in [0.717, 1.165) is 12.5 Å². The van der Waals surface area contributed by atoms with E-state index in [2.05, 4.69) is 0 Å². The Labute approximate surface area is 115 Å². The molecule has 0 aliphatic carbocycles. The van der Waals surface area contributed by atoms with Crippen molar-refractivity contribution in [3.8, 4) is 35.1 Å². The quantitative estimate of drug-likeness (QED) is 0.590. The largest absolute Gasteiger partial charge is 0.507 e. The van der Waals surface area contributed by atoms with Crippen LogP contribution in [0.4, 0.5) is 0 Å². The molecular weight excluding hydrogens is 260 g/mol. The lowest BCUT2D eigenvalue weighted by molar-refractivity contribution is 0.469. The number of phenolic OH excluding ortho intramolecular Hbond substituents is 2. The Kier molecular flexibility index (Phi) is 8.00. The van der Waals surface area contributed by atoms with E-state index < -0.39 is 0 Å². The van der Waals surface area contributed by atoms with Gasteiger partial charge in [-0.1, -0.05) is 36.4 Å². The summed E-state index contributed by atoms with van der Waals surface area (Å²) in [5.41, 5.74) is 1.29. The predicted octanol–water partition coefficient (Wildman–Crippen LogP) is 2.44. The number of aromatic hydroxyl groups is 2. The molecule has 0 heterocycles. The Morgan fingerprint density at radius 1 is 0.650 bits per heavy atom. The summed E-state index contributed by atoms with van der Waals surface area (Å²) in [7, 11) is 0. The van der Waals surface area contributed by atoms with Crippen molar-refractivity contribution in [2.75, 3.05) is 0 Å². The summed E-state index contributed by atoms with van der Waals surface area (Å²) in [6.07, 6.45) is 1.50. The molecule has 20 heavy (non-hydrogen) atoms. The summed E-state index contributed by atoms with van der Waals surface area (Å²) in [6.45, 7) is 0. The molecule has 0 radical (unpaired) electrons. The van der Waals surface area contributed by atoms with Crippen molar-refractivity contribution in [1.29, 1.82) is 10.5 Å². The SMILES string of the molecule is N#CO.N#CO.Oc1ccccc1-c1ccccc1O. The summed E-state index contributed by atoms with van der Waals surface area (Å²) in [4.78, 5) is 0. The van der Waals surface area contributed by atoms with Gasteiger partial charge in [0.1, 0.15) is 11.5 Å². The van der Waals surface area contributed by atoms with Gasteiger partial charge in [0, 0.05) is 11.1 Å². The molecule has 0 saturated carbocycles. The standard InChI is InChI=1S/C12H10O2.2CHNO/c13-11-7-3-1-5-9(11)10-6-2-4-8-12(10)14;2*2-1-3/h1-8,13-14H;2*3H. The van der Waals surface area contributed by atoms with Crippen LogP contribution in [0.3, 0.4) is 0 Å². The van der Waals surface area contributed by atoms with Gasteiger partial charge in [0.25, 0.3) is 12.5 Å². The van der Waals surface area contributed by atoms with Crippen LogP contribution in [0.25, 0.3) is 11.1 Å². The smallest absolute Gasteiger partial charge is 0.283 e. The van der Waals surface area contributed by atoms with Crippen LogP contribution in [0.1, 0.15) is 0 Å². The van der Waals surface area contributed by atoms with E-state index in [0.29, 0.717) is 11.1 Å². The molecule has 2 aromatic rings. The van der Waals surface area contributed by atoms with Crippen LogP contribution in [0, 0.1) is 23.0 Å². The van der Waals surface area contributed by atoms with Crippen LogP contribution < -0.4 is 0 Å². The van der Waals surface area contributed by atoms with Gasteiger partial charge in [-0.15, -0.1) is 0 Å². The molecule has 2 rings (SSSR count). The van der Waals surface area contributed by atoms with Gasteiger partial charge in [-0.2, -0.15) is 10.5 Å². The van der Waals surface area contributed by atoms with E-state index in [1.807, 2.05) is 12.1 Å². The number of phenols is 2. The van der Waals surface area contributed by atoms with E-state index in [-0.39, 0.29) is 11.5 Å². The first kappa shape index (κ1) is 16.6. The first-order valence-electron chi connectivity index (χ1n) is 5.25. The summed E-state index contributed by atoms with van der Waals surface area (Å²) in [6, 6.07) is 13.9. The number of rotatable bonds is 1. The van der Waals surface area contributed by atoms with Crippen molar-refractivity contribution >= 4 is 0 Å². The molecule has 0 bridgehead atoms. The fourth-order valence-electron chi connectivity index (χ4n) is 1.40. The number of benzene rings is 2. The number of hydrogen-bond donors (Lipinski definition) is 4. The van der Waals surface area contributed by atoms with Crippen LogP contribution in [-0.4, -0.2) is 20.4 Å². The fraction of sp³-hybridized carbons (Fsp3) is 0.